The molecule has 5 nitrogen and oxygen atoms in total. The molecule has 0 fully saturated rings. The van der Waals surface area contributed by atoms with E-state index in [-0.39, 0.29) is 18.1 Å². The number of carbonyl (C=O) groups excluding carboxylic acids is 1. The van der Waals surface area contributed by atoms with Crippen molar-refractivity contribution < 1.29 is 13.2 Å². The topological polar surface area (TPSA) is 66.5 Å². The Morgan fingerprint density at radius 1 is 1.37 bits per heavy atom. The Labute approximate surface area is 114 Å². The van der Waals surface area contributed by atoms with Gasteiger partial charge in [-0.15, -0.1) is 6.58 Å². The van der Waals surface area contributed by atoms with Crippen LogP contribution < -0.4 is 9.62 Å². The maximum absolute atomic E-state index is 12.0. The molecule has 1 N–H and O–H groups in total. The first-order valence-corrected chi connectivity index (χ1v) is 7.47. The lowest BCUT2D eigenvalue weighted by atomic mass is 10.3. The van der Waals surface area contributed by atoms with E-state index >= 15 is 0 Å². The molecule has 0 atom stereocenters. The summed E-state index contributed by atoms with van der Waals surface area (Å²) < 4.78 is 25.3. The lowest BCUT2D eigenvalue weighted by Gasteiger charge is -2.19. The molecule has 0 unspecified atom stereocenters. The van der Waals surface area contributed by atoms with Crippen LogP contribution in [0.3, 0.4) is 0 Å². The molecule has 1 amide bonds. The molecule has 6 heteroatoms. The molecule has 104 valence electrons. The third-order valence-electron chi connectivity index (χ3n) is 2.57. The quantitative estimate of drug-likeness (QED) is 0.763. The number of carbonyl (C=O) groups is 1. The minimum absolute atomic E-state index is 0.0622. The van der Waals surface area contributed by atoms with E-state index in [1.807, 2.05) is 6.07 Å². The van der Waals surface area contributed by atoms with Crippen LogP contribution in [0.4, 0.5) is 5.69 Å². The average Bonchev–Trinajstić information content (AvgIpc) is 2.43. The standard InChI is InChI=1S/C13H18N2O3S/c1-3-10-14-13(16)9-11-19(17,18)15(2)12-7-5-4-6-8-12/h3-8H,1,9-11H2,2H3,(H,14,16). The Hall–Kier alpha value is -1.82. The molecule has 0 aliphatic rings. The molecular formula is C13H18N2O3S. The molecule has 1 aromatic rings. The first-order valence-electron chi connectivity index (χ1n) is 5.86. The molecule has 19 heavy (non-hydrogen) atoms. The Morgan fingerprint density at radius 3 is 2.58 bits per heavy atom. The lowest BCUT2D eigenvalue weighted by Crippen LogP contribution is -2.32. The summed E-state index contributed by atoms with van der Waals surface area (Å²) in [5, 5.41) is 2.54. The molecule has 1 rings (SSSR count). The Bertz CT molecular complexity index is 526. The fourth-order valence-corrected chi connectivity index (χ4v) is 2.59. The van der Waals surface area contributed by atoms with Gasteiger partial charge in [-0.3, -0.25) is 9.10 Å². The predicted molar refractivity (Wildman–Crippen MR) is 76.5 cm³/mol. The third-order valence-corrected chi connectivity index (χ3v) is 4.33. The number of sulfonamides is 1. The van der Waals surface area contributed by atoms with Gasteiger partial charge in [-0.05, 0) is 12.1 Å². The molecule has 1 aromatic carbocycles. The second kappa shape index (κ2) is 6.94. The summed E-state index contributed by atoms with van der Waals surface area (Å²) in [6.07, 6.45) is 1.48. The van der Waals surface area contributed by atoms with Crippen LogP contribution in [0.15, 0.2) is 43.0 Å². The fraction of sp³-hybridized carbons (Fsp3) is 0.308. The highest BCUT2D eigenvalue weighted by Gasteiger charge is 2.19. The van der Waals surface area contributed by atoms with Gasteiger partial charge in [-0.2, -0.15) is 0 Å². The Balaban J connectivity index is 2.61. The van der Waals surface area contributed by atoms with Gasteiger partial charge >= 0.3 is 0 Å². The Kier molecular flexibility index (Phi) is 5.57. The number of benzene rings is 1. The fourth-order valence-electron chi connectivity index (χ4n) is 1.43. The summed E-state index contributed by atoms with van der Waals surface area (Å²) in [6, 6.07) is 8.74. The highest BCUT2D eigenvalue weighted by atomic mass is 32.2. The van der Waals surface area contributed by atoms with Crippen LogP contribution in [0.25, 0.3) is 0 Å². The zero-order valence-electron chi connectivity index (χ0n) is 10.9. The number of para-hydroxylation sites is 1. The monoisotopic (exact) mass is 282 g/mol. The summed E-state index contributed by atoms with van der Waals surface area (Å²) in [4.78, 5) is 11.4. The molecule has 0 aliphatic heterocycles. The van der Waals surface area contributed by atoms with E-state index in [2.05, 4.69) is 11.9 Å². The van der Waals surface area contributed by atoms with Gasteiger partial charge in [0.25, 0.3) is 0 Å². The maximum Gasteiger partial charge on any atom is 0.235 e. The molecule has 0 aliphatic carbocycles. The lowest BCUT2D eigenvalue weighted by molar-refractivity contribution is -0.120. The zero-order valence-corrected chi connectivity index (χ0v) is 11.7. The largest absolute Gasteiger partial charge is 0.353 e. The van der Waals surface area contributed by atoms with Crippen molar-refractivity contribution in [1.82, 2.24) is 5.32 Å². The minimum Gasteiger partial charge on any atom is -0.353 e. The number of anilines is 1. The van der Waals surface area contributed by atoms with Crippen LogP contribution >= 0.6 is 0 Å². The van der Waals surface area contributed by atoms with Crippen LogP contribution in [-0.2, 0) is 14.8 Å². The summed E-state index contributed by atoms with van der Waals surface area (Å²) in [6.45, 7) is 3.81. The van der Waals surface area contributed by atoms with Crippen molar-refractivity contribution in [3.63, 3.8) is 0 Å². The first-order chi connectivity index (χ1) is 8.97. The number of hydrogen-bond donors (Lipinski definition) is 1. The maximum atomic E-state index is 12.0. The smallest absolute Gasteiger partial charge is 0.235 e. The number of rotatable bonds is 7. The van der Waals surface area contributed by atoms with Crippen LogP contribution in [-0.4, -0.2) is 33.7 Å². The summed E-state index contributed by atoms with van der Waals surface area (Å²) in [5.41, 5.74) is 0.578. The second-order valence-corrected chi connectivity index (χ2v) is 6.08. The molecule has 0 saturated carbocycles. The molecule has 0 saturated heterocycles. The summed E-state index contributed by atoms with van der Waals surface area (Å²) >= 11 is 0. The molecule has 0 spiro atoms. The van der Waals surface area contributed by atoms with Gasteiger partial charge in [-0.25, -0.2) is 8.42 Å². The van der Waals surface area contributed by atoms with Crippen molar-refractivity contribution in [3.05, 3.63) is 43.0 Å². The third kappa shape index (κ3) is 4.75. The zero-order chi connectivity index (χ0) is 14.3. The van der Waals surface area contributed by atoms with Gasteiger partial charge in [0.05, 0.1) is 11.4 Å². The van der Waals surface area contributed by atoms with Crippen LogP contribution in [0, 0.1) is 0 Å². The highest BCUT2D eigenvalue weighted by molar-refractivity contribution is 7.92. The Morgan fingerprint density at radius 2 is 2.00 bits per heavy atom. The van der Waals surface area contributed by atoms with Gasteiger partial charge in [0.2, 0.25) is 15.9 Å². The molecular weight excluding hydrogens is 264 g/mol. The van der Waals surface area contributed by atoms with E-state index in [4.69, 9.17) is 0 Å². The van der Waals surface area contributed by atoms with Gasteiger partial charge in [0.1, 0.15) is 0 Å². The number of nitrogens with zero attached hydrogens (tertiary/aromatic N) is 1. The number of hydrogen-bond acceptors (Lipinski definition) is 3. The van der Waals surface area contributed by atoms with Crippen LogP contribution in [0.1, 0.15) is 6.42 Å². The van der Waals surface area contributed by atoms with Crippen molar-refractivity contribution in [2.75, 3.05) is 23.7 Å². The van der Waals surface area contributed by atoms with Gasteiger partial charge < -0.3 is 5.32 Å². The summed E-state index contributed by atoms with van der Waals surface area (Å²) in [7, 11) is -2.01. The van der Waals surface area contributed by atoms with Crippen LogP contribution in [0.2, 0.25) is 0 Å². The van der Waals surface area contributed by atoms with E-state index < -0.39 is 10.0 Å². The number of nitrogens with one attached hydrogen (secondary N) is 1. The highest BCUT2D eigenvalue weighted by Crippen LogP contribution is 2.15. The van der Waals surface area contributed by atoms with E-state index in [0.717, 1.165) is 0 Å². The molecule has 0 heterocycles. The van der Waals surface area contributed by atoms with Gasteiger partial charge in [-0.1, -0.05) is 24.3 Å². The van der Waals surface area contributed by atoms with E-state index in [1.165, 1.54) is 11.4 Å². The van der Waals surface area contributed by atoms with Gasteiger partial charge in [0, 0.05) is 20.0 Å². The average molecular weight is 282 g/mol. The minimum atomic E-state index is -3.49. The normalized spacial score (nSPS) is 10.8. The SMILES string of the molecule is C=CCNC(=O)CCS(=O)(=O)N(C)c1ccccc1. The first kappa shape index (κ1) is 15.2. The summed E-state index contributed by atoms with van der Waals surface area (Å²) in [5.74, 6) is -0.522. The van der Waals surface area contributed by atoms with Crippen molar-refractivity contribution >= 4 is 21.6 Å². The van der Waals surface area contributed by atoms with Crippen LogP contribution in [0.5, 0.6) is 0 Å². The van der Waals surface area contributed by atoms with Crippen molar-refractivity contribution in [2.45, 2.75) is 6.42 Å². The second-order valence-electron chi connectivity index (χ2n) is 3.96. The van der Waals surface area contributed by atoms with Gasteiger partial charge in [0.15, 0.2) is 0 Å². The number of amides is 1. The molecule has 0 radical (unpaired) electrons. The predicted octanol–water partition coefficient (Wildman–Crippen LogP) is 1.14. The van der Waals surface area contributed by atoms with Crippen molar-refractivity contribution in [1.29, 1.82) is 0 Å². The van der Waals surface area contributed by atoms with Crippen molar-refractivity contribution in [2.24, 2.45) is 0 Å². The van der Waals surface area contributed by atoms with E-state index in [0.29, 0.717) is 12.2 Å². The van der Waals surface area contributed by atoms with E-state index in [9.17, 15) is 13.2 Å². The van der Waals surface area contributed by atoms with E-state index in [1.54, 1.807) is 30.3 Å². The molecule has 0 aromatic heterocycles. The molecule has 0 bridgehead atoms. The van der Waals surface area contributed by atoms with Crippen molar-refractivity contribution in [3.8, 4) is 0 Å².